The Morgan fingerprint density at radius 3 is 2.64 bits per heavy atom. The minimum atomic E-state index is 0.658. The number of nitrogens with one attached hydrogen (secondary N) is 1. The third-order valence-electron chi connectivity index (χ3n) is 1.76. The van der Waals surface area contributed by atoms with Crippen LogP contribution in [-0.2, 0) is 4.65 Å². The fourth-order valence-corrected chi connectivity index (χ4v) is 0.902. The molecule has 0 amide bonds. The highest BCUT2D eigenvalue weighted by Gasteiger charge is 2.03. The predicted molar refractivity (Wildman–Crippen MR) is 49.9 cm³/mol. The number of hydrogen-bond acceptors (Lipinski definition) is 2. The van der Waals surface area contributed by atoms with Gasteiger partial charge in [0.1, 0.15) is 0 Å². The average molecular weight is 156 g/mol. The van der Waals surface area contributed by atoms with E-state index in [1.807, 2.05) is 6.82 Å². The summed E-state index contributed by atoms with van der Waals surface area (Å²) in [4.78, 5) is 0. The van der Waals surface area contributed by atoms with E-state index in [1.165, 1.54) is 6.42 Å². The lowest BCUT2D eigenvalue weighted by molar-refractivity contribution is 0.252. The summed E-state index contributed by atoms with van der Waals surface area (Å²) >= 11 is 0. The predicted octanol–water partition coefficient (Wildman–Crippen LogP) is 1.31. The lowest BCUT2D eigenvalue weighted by Gasteiger charge is -2.14. The van der Waals surface area contributed by atoms with E-state index in [-0.39, 0.29) is 0 Å². The van der Waals surface area contributed by atoms with Crippen LogP contribution in [0.25, 0.3) is 0 Å². The highest BCUT2D eigenvalue weighted by atomic mass is 16.4. The molecule has 0 aliphatic carbocycles. The second-order valence-corrected chi connectivity index (χ2v) is 2.65. The number of hydrogen-bond donors (Lipinski definition) is 1. The van der Waals surface area contributed by atoms with Crippen LogP contribution >= 0.6 is 0 Å². The molecule has 1 atom stereocenters. The summed E-state index contributed by atoms with van der Waals surface area (Å²) in [5.74, 6) is 0.658. The maximum Gasteiger partial charge on any atom is 0.289 e. The summed E-state index contributed by atoms with van der Waals surface area (Å²) in [6.45, 7) is 9.20. The van der Waals surface area contributed by atoms with Crippen LogP contribution in [-0.4, -0.2) is 27.2 Å². The van der Waals surface area contributed by atoms with E-state index in [1.54, 1.807) is 7.48 Å². The Balaban J connectivity index is 3.25. The molecule has 0 spiro atoms. The second kappa shape index (κ2) is 8.09. The van der Waals surface area contributed by atoms with E-state index in [0.717, 1.165) is 19.7 Å². The first-order chi connectivity index (χ1) is 5.35. The van der Waals surface area contributed by atoms with Crippen LogP contribution < -0.4 is 5.32 Å². The SMILES string of the molecule is C[B]OCC(CC)CNCC. The molecule has 3 heteroatoms. The van der Waals surface area contributed by atoms with Gasteiger partial charge in [-0.05, 0) is 18.9 Å². The van der Waals surface area contributed by atoms with Crippen molar-refractivity contribution in [3.8, 4) is 0 Å². The maximum atomic E-state index is 5.22. The quantitative estimate of drug-likeness (QED) is 0.561. The zero-order valence-electron chi connectivity index (χ0n) is 7.89. The van der Waals surface area contributed by atoms with Gasteiger partial charge in [-0.15, -0.1) is 0 Å². The van der Waals surface area contributed by atoms with Crippen LogP contribution in [0.15, 0.2) is 0 Å². The second-order valence-electron chi connectivity index (χ2n) is 2.65. The standard InChI is InChI=1S/C8H19BNO/c1-4-8(6-10-5-2)7-11-9-3/h8,10H,4-7H2,1-3H3. The Morgan fingerprint density at radius 2 is 2.18 bits per heavy atom. The summed E-state index contributed by atoms with van der Waals surface area (Å²) in [6.07, 6.45) is 1.18. The van der Waals surface area contributed by atoms with Crippen LogP contribution in [0.4, 0.5) is 0 Å². The van der Waals surface area contributed by atoms with E-state index < -0.39 is 0 Å². The van der Waals surface area contributed by atoms with Gasteiger partial charge in [0, 0.05) is 13.2 Å². The minimum absolute atomic E-state index is 0.658. The highest BCUT2D eigenvalue weighted by Crippen LogP contribution is 2.00. The molecule has 0 aliphatic rings. The monoisotopic (exact) mass is 156 g/mol. The highest BCUT2D eigenvalue weighted by molar-refractivity contribution is 6.24. The summed E-state index contributed by atoms with van der Waals surface area (Å²) < 4.78 is 5.22. The Bertz CT molecular complexity index is 72.5. The van der Waals surface area contributed by atoms with Crippen molar-refractivity contribution in [1.29, 1.82) is 0 Å². The largest absolute Gasteiger partial charge is 0.440 e. The lowest BCUT2D eigenvalue weighted by Crippen LogP contribution is -2.25. The van der Waals surface area contributed by atoms with E-state index in [9.17, 15) is 0 Å². The first kappa shape index (κ1) is 11.0. The molecule has 0 bridgehead atoms. The van der Waals surface area contributed by atoms with Crippen LogP contribution in [0.3, 0.4) is 0 Å². The van der Waals surface area contributed by atoms with Crippen LogP contribution in [0.1, 0.15) is 20.3 Å². The van der Waals surface area contributed by atoms with Gasteiger partial charge in [-0.1, -0.05) is 20.7 Å². The fourth-order valence-electron chi connectivity index (χ4n) is 0.902. The summed E-state index contributed by atoms with van der Waals surface area (Å²) in [7, 11) is 1.76. The molecule has 0 aromatic heterocycles. The van der Waals surface area contributed by atoms with Gasteiger partial charge in [0.2, 0.25) is 0 Å². The zero-order chi connectivity index (χ0) is 8.53. The topological polar surface area (TPSA) is 21.3 Å². The van der Waals surface area contributed by atoms with Crippen molar-refractivity contribution < 1.29 is 4.65 Å². The normalized spacial score (nSPS) is 13.0. The molecule has 0 fully saturated rings. The van der Waals surface area contributed by atoms with Gasteiger partial charge < -0.3 is 9.97 Å². The van der Waals surface area contributed by atoms with Crippen molar-refractivity contribution >= 4 is 7.48 Å². The third-order valence-corrected chi connectivity index (χ3v) is 1.76. The van der Waals surface area contributed by atoms with Crippen LogP contribution in [0.2, 0.25) is 6.82 Å². The number of rotatable bonds is 7. The van der Waals surface area contributed by atoms with E-state index in [2.05, 4.69) is 19.2 Å². The molecule has 0 aromatic rings. The van der Waals surface area contributed by atoms with E-state index in [0.29, 0.717) is 5.92 Å². The molecule has 65 valence electrons. The Kier molecular flexibility index (Phi) is 8.07. The van der Waals surface area contributed by atoms with Crippen molar-refractivity contribution in [2.45, 2.75) is 27.1 Å². The van der Waals surface area contributed by atoms with Crippen LogP contribution in [0, 0.1) is 5.92 Å². The lowest BCUT2D eigenvalue weighted by atomic mass is 10.0. The first-order valence-electron chi connectivity index (χ1n) is 4.45. The molecule has 1 radical (unpaired) electrons. The van der Waals surface area contributed by atoms with Gasteiger partial charge in [-0.2, -0.15) is 0 Å². The van der Waals surface area contributed by atoms with Crippen molar-refractivity contribution in [2.75, 3.05) is 19.7 Å². The molecule has 0 aromatic carbocycles. The molecule has 11 heavy (non-hydrogen) atoms. The molecule has 0 rings (SSSR count). The van der Waals surface area contributed by atoms with Crippen molar-refractivity contribution in [3.63, 3.8) is 0 Å². The zero-order valence-corrected chi connectivity index (χ0v) is 7.89. The maximum absolute atomic E-state index is 5.22. The molecular formula is C8H19BNO. The average Bonchev–Trinajstić information content (AvgIpc) is 2.05. The molecule has 1 N–H and O–H groups in total. The summed E-state index contributed by atoms with van der Waals surface area (Å²) in [5, 5.41) is 3.31. The van der Waals surface area contributed by atoms with Gasteiger partial charge in [0.25, 0.3) is 7.48 Å². The van der Waals surface area contributed by atoms with E-state index in [4.69, 9.17) is 4.65 Å². The molecule has 2 nitrogen and oxygen atoms in total. The van der Waals surface area contributed by atoms with Crippen molar-refractivity contribution in [3.05, 3.63) is 0 Å². The Hall–Kier alpha value is -0.0151. The van der Waals surface area contributed by atoms with Gasteiger partial charge in [-0.25, -0.2) is 0 Å². The molecular weight excluding hydrogens is 137 g/mol. The molecule has 0 heterocycles. The molecule has 1 unspecified atom stereocenters. The van der Waals surface area contributed by atoms with E-state index >= 15 is 0 Å². The Morgan fingerprint density at radius 1 is 1.45 bits per heavy atom. The Labute approximate surface area is 71.0 Å². The molecule has 0 saturated heterocycles. The van der Waals surface area contributed by atoms with Gasteiger partial charge in [-0.3, -0.25) is 0 Å². The van der Waals surface area contributed by atoms with Crippen molar-refractivity contribution in [1.82, 2.24) is 5.32 Å². The molecule has 0 saturated carbocycles. The van der Waals surface area contributed by atoms with Gasteiger partial charge in [0.15, 0.2) is 0 Å². The van der Waals surface area contributed by atoms with Gasteiger partial charge in [0.05, 0.1) is 0 Å². The van der Waals surface area contributed by atoms with Gasteiger partial charge >= 0.3 is 0 Å². The van der Waals surface area contributed by atoms with Crippen LogP contribution in [0.5, 0.6) is 0 Å². The minimum Gasteiger partial charge on any atom is -0.440 e. The molecule has 0 aliphatic heterocycles. The summed E-state index contributed by atoms with van der Waals surface area (Å²) in [6, 6.07) is 0. The first-order valence-corrected chi connectivity index (χ1v) is 4.45. The smallest absolute Gasteiger partial charge is 0.289 e. The third kappa shape index (κ3) is 6.39. The fraction of sp³-hybridized carbons (Fsp3) is 1.00. The summed E-state index contributed by atoms with van der Waals surface area (Å²) in [5.41, 5.74) is 0. The van der Waals surface area contributed by atoms with Crippen molar-refractivity contribution in [2.24, 2.45) is 5.92 Å².